The molecule has 32 heavy (non-hydrogen) atoms. The van der Waals surface area contributed by atoms with Crippen LogP contribution in [0.5, 0.6) is 11.5 Å². The molecule has 0 fully saturated rings. The van der Waals surface area contributed by atoms with E-state index in [1.54, 1.807) is 26.2 Å². The number of ether oxygens (including phenoxy) is 2. The monoisotopic (exact) mass is 472 g/mol. The zero-order chi connectivity index (χ0) is 23.3. The van der Waals surface area contributed by atoms with E-state index in [-0.39, 0.29) is 0 Å². The van der Waals surface area contributed by atoms with Gasteiger partial charge in [-0.1, -0.05) is 29.8 Å². The lowest BCUT2D eigenvalue weighted by molar-refractivity contribution is -0.109. The number of hydrogen-bond donors (Lipinski definition) is 1. The summed E-state index contributed by atoms with van der Waals surface area (Å²) in [6.45, 7) is 5.65. The molecule has 3 aromatic rings. The maximum absolute atomic E-state index is 9.97. The molecule has 0 aliphatic rings. The van der Waals surface area contributed by atoms with Crippen LogP contribution in [0.4, 0.5) is 5.69 Å². The minimum atomic E-state index is 0.563. The third kappa shape index (κ3) is 7.70. The predicted molar refractivity (Wildman–Crippen MR) is 134 cm³/mol. The molecule has 0 spiro atoms. The predicted octanol–water partition coefficient (Wildman–Crippen LogP) is 6.13. The molecule has 170 valence electrons. The molecular weight excluding hydrogens is 444 g/mol. The lowest BCUT2D eigenvalue weighted by atomic mass is 10.2. The van der Waals surface area contributed by atoms with Gasteiger partial charge in [-0.2, -0.15) is 0 Å². The standard InChI is InChI=1S/C16H18ClNOS.C9H11NO2/c1-4-18(16-7-5-6-15(17)12(16)2)20-14-10-8-13(19-3)9-11-14;1-12-9-4-2-8(3-5-9)6-10-7-11/h5-11H,4H2,1-3H3;2-5,7H,6H2,1H3,(H,10,11). The second-order valence-corrected chi connectivity index (χ2v) is 8.19. The van der Waals surface area contributed by atoms with Gasteiger partial charge in [-0.25, -0.2) is 0 Å². The van der Waals surface area contributed by atoms with Crippen molar-refractivity contribution in [3.8, 4) is 11.5 Å². The summed E-state index contributed by atoms with van der Waals surface area (Å²) >= 11 is 7.91. The number of nitrogens with one attached hydrogen (secondary N) is 1. The SMILES string of the molecule is CCN(Sc1ccc(OC)cc1)c1cccc(Cl)c1C.COc1ccc(CNC=O)cc1. The Morgan fingerprint density at radius 3 is 2.09 bits per heavy atom. The van der Waals surface area contributed by atoms with Crippen molar-refractivity contribution in [2.75, 3.05) is 25.1 Å². The summed E-state index contributed by atoms with van der Waals surface area (Å²) in [6.07, 6.45) is 0.685. The van der Waals surface area contributed by atoms with Crippen molar-refractivity contribution in [2.24, 2.45) is 0 Å². The van der Waals surface area contributed by atoms with Crippen LogP contribution in [0.3, 0.4) is 0 Å². The van der Waals surface area contributed by atoms with Crippen molar-refractivity contribution >= 4 is 35.6 Å². The van der Waals surface area contributed by atoms with Crippen molar-refractivity contribution in [1.82, 2.24) is 5.32 Å². The maximum atomic E-state index is 9.97. The van der Waals surface area contributed by atoms with E-state index >= 15 is 0 Å². The molecule has 3 aromatic carbocycles. The van der Waals surface area contributed by atoms with Crippen molar-refractivity contribution in [1.29, 1.82) is 0 Å². The number of rotatable bonds is 9. The van der Waals surface area contributed by atoms with Gasteiger partial charge in [0.05, 0.1) is 19.9 Å². The Kier molecular flexibility index (Phi) is 10.8. The number of methoxy groups -OCH3 is 2. The fourth-order valence-corrected chi connectivity index (χ4v) is 3.92. The molecule has 0 aliphatic heterocycles. The van der Waals surface area contributed by atoms with Crippen LogP contribution in [-0.2, 0) is 11.3 Å². The summed E-state index contributed by atoms with van der Waals surface area (Å²) in [5.74, 6) is 1.70. The lowest BCUT2D eigenvalue weighted by Crippen LogP contribution is -2.14. The van der Waals surface area contributed by atoms with E-state index in [1.807, 2.05) is 48.5 Å². The molecule has 0 heterocycles. The number of carbonyl (C=O) groups excluding carboxylic acids is 1. The number of hydrogen-bond acceptors (Lipinski definition) is 5. The largest absolute Gasteiger partial charge is 0.497 e. The van der Waals surface area contributed by atoms with E-state index in [1.165, 1.54) is 4.90 Å². The molecule has 0 unspecified atom stereocenters. The second kappa shape index (κ2) is 13.6. The van der Waals surface area contributed by atoms with Gasteiger partial charge < -0.3 is 19.1 Å². The van der Waals surface area contributed by atoms with Crippen LogP contribution in [-0.4, -0.2) is 27.2 Å². The van der Waals surface area contributed by atoms with E-state index in [9.17, 15) is 4.79 Å². The molecular formula is C25H29ClN2O3S. The number of amides is 1. The van der Waals surface area contributed by atoms with Crippen LogP contribution in [0, 0.1) is 6.92 Å². The molecule has 7 heteroatoms. The van der Waals surface area contributed by atoms with Gasteiger partial charge in [0.2, 0.25) is 6.41 Å². The van der Waals surface area contributed by atoms with E-state index in [2.05, 4.69) is 41.7 Å². The minimum Gasteiger partial charge on any atom is -0.497 e. The van der Waals surface area contributed by atoms with Gasteiger partial charge in [-0.15, -0.1) is 0 Å². The molecule has 0 aromatic heterocycles. The topological polar surface area (TPSA) is 50.8 Å². The summed E-state index contributed by atoms with van der Waals surface area (Å²) in [5, 5.41) is 3.38. The smallest absolute Gasteiger partial charge is 0.207 e. The van der Waals surface area contributed by atoms with E-state index < -0.39 is 0 Å². The van der Waals surface area contributed by atoms with Gasteiger partial charge in [0, 0.05) is 23.0 Å². The first kappa shape index (κ1) is 25.4. The summed E-state index contributed by atoms with van der Waals surface area (Å²) in [5.41, 5.74) is 3.32. The van der Waals surface area contributed by atoms with E-state index in [0.29, 0.717) is 13.0 Å². The van der Waals surface area contributed by atoms with Gasteiger partial charge in [0.25, 0.3) is 0 Å². The van der Waals surface area contributed by atoms with Crippen molar-refractivity contribution in [3.05, 3.63) is 82.9 Å². The number of benzene rings is 3. The Balaban J connectivity index is 0.000000258. The highest BCUT2D eigenvalue weighted by atomic mass is 35.5. The maximum Gasteiger partial charge on any atom is 0.207 e. The van der Waals surface area contributed by atoms with Gasteiger partial charge in [-0.3, -0.25) is 4.79 Å². The molecule has 1 amide bonds. The fourth-order valence-electron chi connectivity index (χ4n) is 2.82. The molecule has 0 saturated heterocycles. The van der Waals surface area contributed by atoms with E-state index in [4.69, 9.17) is 21.1 Å². The number of halogens is 1. The summed E-state index contributed by atoms with van der Waals surface area (Å²) in [4.78, 5) is 11.1. The van der Waals surface area contributed by atoms with E-state index in [0.717, 1.165) is 39.9 Å². The third-order valence-electron chi connectivity index (χ3n) is 4.62. The zero-order valence-corrected chi connectivity index (χ0v) is 20.4. The van der Waals surface area contributed by atoms with Crippen molar-refractivity contribution < 1.29 is 14.3 Å². The van der Waals surface area contributed by atoms with Crippen LogP contribution in [0.2, 0.25) is 5.02 Å². The number of anilines is 1. The molecule has 3 rings (SSSR count). The average Bonchev–Trinajstić information content (AvgIpc) is 2.84. The molecule has 0 bridgehead atoms. The molecule has 0 radical (unpaired) electrons. The Hall–Kier alpha value is -2.83. The van der Waals surface area contributed by atoms with Gasteiger partial charge >= 0.3 is 0 Å². The Morgan fingerprint density at radius 2 is 1.56 bits per heavy atom. The highest BCUT2D eigenvalue weighted by Gasteiger charge is 2.11. The zero-order valence-electron chi connectivity index (χ0n) is 18.8. The Bertz CT molecular complexity index is 966. The molecule has 0 saturated carbocycles. The highest BCUT2D eigenvalue weighted by Crippen LogP contribution is 2.34. The molecule has 0 aliphatic carbocycles. The third-order valence-corrected chi connectivity index (χ3v) is 6.19. The van der Waals surface area contributed by atoms with Crippen LogP contribution in [0.1, 0.15) is 18.1 Å². The molecule has 1 N–H and O–H groups in total. The van der Waals surface area contributed by atoms with Gasteiger partial charge in [0.15, 0.2) is 0 Å². The number of nitrogens with zero attached hydrogens (tertiary/aromatic N) is 1. The first-order chi connectivity index (χ1) is 15.5. The summed E-state index contributed by atoms with van der Waals surface area (Å²) in [7, 11) is 3.30. The van der Waals surface area contributed by atoms with Crippen LogP contribution < -0.4 is 19.1 Å². The normalized spacial score (nSPS) is 9.91. The van der Waals surface area contributed by atoms with Crippen molar-refractivity contribution in [2.45, 2.75) is 25.3 Å². The molecule has 5 nitrogen and oxygen atoms in total. The fraction of sp³-hybridized carbons (Fsp3) is 0.240. The Morgan fingerprint density at radius 1 is 0.969 bits per heavy atom. The lowest BCUT2D eigenvalue weighted by Gasteiger charge is -2.24. The molecule has 0 atom stereocenters. The first-order valence-electron chi connectivity index (χ1n) is 10.2. The second-order valence-electron chi connectivity index (χ2n) is 6.69. The highest BCUT2D eigenvalue weighted by molar-refractivity contribution is 8.00. The first-order valence-corrected chi connectivity index (χ1v) is 11.3. The van der Waals surface area contributed by atoms with Crippen LogP contribution in [0.15, 0.2) is 71.6 Å². The van der Waals surface area contributed by atoms with Crippen LogP contribution >= 0.6 is 23.5 Å². The van der Waals surface area contributed by atoms with Gasteiger partial charge in [0.1, 0.15) is 11.5 Å². The number of carbonyl (C=O) groups is 1. The van der Waals surface area contributed by atoms with Crippen molar-refractivity contribution in [3.63, 3.8) is 0 Å². The summed E-state index contributed by atoms with van der Waals surface area (Å²) < 4.78 is 12.4. The minimum absolute atomic E-state index is 0.563. The van der Waals surface area contributed by atoms with Crippen LogP contribution in [0.25, 0.3) is 0 Å². The summed E-state index contributed by atoms with van der Waals surface area (Å²) in [6, 6.07) is 21.6. The average molecular weight is 473 g/mol. The Labute approximate surface area is 199 Å². The quantitative estimate of drug-likeness (QED) is 0.300. The van der Waals surface area contributed by atoms with Gasteiger partial charge in [-0.05, 0) is 85.5 Å².